The van der Waals surface area contributed by atoms with E-state index in [1.165, 1.54) is 30.5 Å². The highest BCUT2D eigenvalue weighted by Gasteiger charge is 2.31. The molecule has 0 bridgehead atoms. The Bertz CT molecular complexity index is 1460. The van der Waals surface area contributed by atoms with Crippen LogP contribution in [-0.4, -0.2) is 26.1 Å². The highest BCUT2D eigenvalue weighted by Crippen LogP contribution is 2.33. The van der Waals surface area contributed by atoms with Crippen molar-refractivity contribution in [2.45, 2.75) is 116 Å². The molecule has 0 saturated carbocycles. The Morgan fingerprint density at radius 1 is 0.778 bits per heavy atom. The predicted molar refractivity (Wildman–Crippen MR) is 178 cm³/mol. The lowest BCUT2D eigenvalue weighted by atomic mass is 9.87. The molecule has 3 aromatic rings. The summed E-state index contributed by atoms with van der Waals surface area (Å²) in [7, 11) is -4.23. The number of thiazole rings is 1. The van der Waals surface area contributed by atoms with Crippen LogP contribution >= 0.6 is 11.3 Å². The number of aliphatic hydroxyl groups is 1. The van der Waals surface area contributed by atoms with Crippen molar-refractivity contribution in [1.29, 1.82) is 0 Å². The molecule has 7 nitrogen and oxygen atoms in total. The van der Waals surface area contributed by atoms with Crippen LogP contribution in [0.5, 0.6) is 0 Å². The molecule has 0 saturated heterocycles. The van der Waals surface area contributed by atoms with Crippen molar-refractivity contribution in [3.05, 3.63) is 80.4 Å². The van der Waals surface area contributed by atoms with Gasteiger partial charge in [-0.25, -0.2) is 18.0 Å². The van der Waals surface area contributed by atoms with Crippen LogP contribution in [0.2, 0.25) is 0 Å². The minimum atomic E-state index is -4.23. The summed E-state index contributed by atoms with van der Waals surface area (Å²) in [5.74, 6) is -2.39. The average Bonchev–Trinajstić information content (AvgIpc) is 3.41. The number of rotatable bonds is 12. The maximum Gasteiger partial charge on any atom is 0.236 e. The molecule has 0 aliphatic heterocycles. The molecule has 0 spiro atoms. The molecule has 0 radical (unpaired) electrons. The molecule has 45 heavy (non-hydrogen) atoms. The van der Waals surface area contributed by atoms with Gasteiger partial charge in [0.1, 0.15) is 11.6 Å². The third kappa shape index (κ3) is 8.83. The topological polar surface area (TPSA) is 108 Å². The molecule has 3 N–H and O–H groups in total. The first kappa shape index (κ1) is 36.4. The number of carbonyl (C=O) groups is 2. The summed E-state index contributed by atoms with van der Waals surface area (Å²) in [5.41, 5.74) is 2.67. The molecule has 0 fully saturated rings. The van der Waals surface area contributed by atoms with E-state index in [2.05, 4.69) is 14.4 Å². The number of hydrogen-bond donors (Lipinski definition) is 4. The van der Waals surface area contributed by atoms with Gasteiger partial charge in [0.05, 0.1) is 33.6 Å². The summed E-state index contributed by atoms with van der Waals surface area (Å²) in [5, 5.41) is 10.5. The summed E-state index contributed by atoms with van der Waals surface area (Å²) in [4.78, 5) is 32.0. The first-order valence-corrected chi connectivity index (χ1v) is 17.8. The SMILES string of the molecule is CC(C)c1cc(F)cc(C(C)C)c1CC(=O)N[SH](=O)(NC(=O)Cc1c(C(C)C)cc(F)cc1C(C)C)c1ncc(C(C)(C)O)s1. The third-order valence-electron chi connectivity index (χ3n) is 7.66. The molecular weight excluding hydrogens is 617 g/mol. The number of amides is 2. The zero-order chi connectivity index (χ0) is 34.0. The highest BCUT2D eigenvalue weighted by atomic mass is 32.3. The fraction of sp³-hybridized carbons (Fsp3) is 0.500. The monoisotopic (exact) mass is 663 g/mol. The minimum Gasteiger partial charge on any atom is -0.385 e. The number of thiol groups is 1. The van der Waals surface area contributed by atoms with Gasteiger partial charge in [0.2, 0.25) is 11.8 Å². The van der Waals surface area contributed by atoms with Crippen molar-refractivity contribution >= 4 is 33.5 Å². The summed E-state index contributed by atoms with van der Waals surface area (Å²) in [6.45, 7) is 18.4. The molecule has 2 amide bonds. The maximum atomic E-state index is 14.6. The number of nitrogens with one attached hydrogen (secondary N) is 2. The Hall–Kier alpha value is -3.02. The van der Waals surface area contributed by atoms with Gasteiger partial charge in [0.25, 0.3) is 0 Å². The van der Waals surface area contributed by atoms with E-state index in [9.17, 15) is 27.7 Å². The molecule has 248 valence electrons. The smallest absolute Gasteiger partial charge is 0.236 e. The number of halogens is 2. The number of hydrogen-bond acceptors (Lipinski definition) is 6. The fourth-order valence-electron chi connectivity index (χ4n) is 5.40. The lowest BCUT2D eigenvalue weighted by Crippen LogP contribution is -2.50. The molecule has 0 atom stereocenters. The van der Waals surface area contributed by atoms with E-state index in [4.69, 9.17) is 0 Å². The summed E-state index contributed by atoms with van der Waals surface area (Å²) in [6.07, 6.45) is 0.974. The van der Waals surface area contributed by atoms with Crippen LogP contribution in [0.25, 0.3) is 0 Å². The summed E-state index contributed by atoms with van der Waals surface area (Å²) in [6, 6.07) is 5.66. The van der Waals surface area contributed by atoms with Gasteiger partial charge in [-0.2, -0.15) is 0 Å². The van der Waals surface area contributed by atoms with E-state index in [-0.39, 0.29) is 40.9 Å². The Labute approximate surface area is 271 Å². The second-order valence-corrected chi connectivity index (χ2v) is 16.8. The van der Waals surface area contributed by atoms with Gasteiger partial charge in [0.15, 0.2) is 4.34 Å². The second-order valence-electron chi connectivity index (χ2n) is 13.3. The van der Waals surface area contributed by atoms with E-state index in [1.807, 2.05) is 55.4 Å². The minimum absolute atomic E-state index is 0.0548. The van der Waals surface area contributed by atoms with Crippen LogP contribution in [0.15, 0.2) is 34.8 Å². The lowest BCUT2D eigenvalue weighted by Gasteiger charge is -2.27. The van der Waals surface area contributed by atoms with Gasteiger partial charge in [-0.15, -0.1) is 11.3 Å². The third-order valence-corrected chi connectivity index (χ3v) is 11.6. The van der Waals surface area contributed by atoms with Gasteiger partial charge in [-0.1, -0.05) is 55.4 Å². The number of benzene rings is 2. The molecular formula is C34H47F2N3O4S2. The second kappa shape index (κ2) is 14.2. The summed E-state index contributed by atoms with van der Waals surface area (Å²) >= 11 is 0.927. The fourth-order valence-corrected chi connectivity index (χ4v) is 8.46. The molecule has 2 aromatic carbocycles. The van der Waals surface area contributed by atoms with Gasteiger partial charge < -0.3 is 5.11 Å². The Morgan fingerprint density at radius 2 is 1.11 bits per heavy atom. The maximum absolute atomic E-state index is 14.6. The van der Waals surface area contributed by atoms with E-state index in [0.717, 1.165) is 11.3 Å². The highest BCUT2D eigenvalue weighted by molar-refractivity contribution is 8.02. The van der Waals surface area contributed by atoms with Gasteiger partial charge in [-0.05, 0) is 95.2 Å². The average molecular weight is 664 g/mol. The standard InChI is InChI=1S/C34H47F2N3O4S2/c1-18(2)24-11-22(35)12-25(19(3)4)28(24)15-31(40)38-45(43,33-37-17-30(44-33)34(9,10)42)39-32(41)16-29-26(20(5)6)13-23(36)14-27(29)21(7)8/h11-14,17-21,42,45H,15-16H2,1-10H3,(H2,38,39,40,41,43). The summed E-state index contributed by atoms with van der Waals surface area (Å²) < 4.78 is 48.7. The Kier molecular flexibility index (Phi) is 11.5. The molecule has 0 unspecified atom stereocenters. The van der Waals surface area contributed by atoms with Crippen LogP contribution < -0.4 is 9.44 Å². The zero-order valence-electron chi connectivity index (χ0n) is 27.8. The first-order chi connectivity index (χ1) is 20.7. The van der Waals surface area contributed by atoms with Crippen molar-refractivity contribution in [3.63, 3.8) is 0 Å². The number of carbonyl (C=O) groups excluding carboxylic acids is 2. The number of aromatic nitrogens is 1. The predicted octanol–water partition coefficient (Wildman–Crippen LogP) is 7.07. The van der Waals surface area contributed by atoms with E-state index in [0.29, 0.717) is 38.3 Å². The van der Waals surface area contributed by atoms with Crippen molar-refractivity contribution in [3.8, 4) is 0 Å². The van der Waals surface area contributed by atoms with Crippen LogP contribution in [0.1, 0.15) is 131 Å². The zero-order valence-corrected chi connectivity index (χ0v) is 29.6. The molecule has 1 aromatic heterocycles. The largest absolute Gasteiger partial charge is 0.385 e. The van der Waals surface area contributed by atoms with Crippen LogP contribution in [-0.2, 0) is 38.3 Å². The Morgan fingerprint density at radius 3 is 1.38 bits per heavy atom. The first-order valence-electron chi connectivity index (χ1n) is 15.3. The molecule has 0 aliphatic rings. The van der Waals surface area contributed by atoms with E-state index < -0.39 is 39.4 Å². The van der Waals surface area contributed by atoms with E-state index >= 15 is 0 Å². The Balaban J connectivity index is 2.05. The number of nitrogens with zero attached hydrogens (tertiary/aromatic N) is 1. The van der Waals surface area contributed by atoms with Gasteiger partial charge in [0, 0.05) is 6.20 Å². The van der Waals surface area contributed by atoms with Gasteiger partial charge in [-0.3, -0.25) is 19.0 Å². The van der Waals surface area contributed by atoms with E-state index in [1.54, 1.807) is 13.8 Å². The van der Waals surface area contributed by atoms with Crippen LogP contribution in [0, 0.1) is 11.6 Å². The van der Waals surface area contributed by atoms with Crippen LogP contribution in [0.3, 0.4) is 0 Å². The molecule has 0 aliphatic carbocycles. The van der Waals surface area contributed by atoms with Crippen molar-refractivity contribution in [2.24, 2.45) is 0 Å². The molecule has 3 rings (SSSR count). The quantitative estimate of drug-likeness (QED) is 0.155. The molecule has 1 heterocycles. The lowest BCUT2D eigenvalue weighted by molar-refractivity contribution is -0.118. The van der Waals surface area contributed by atoms with Crippen molar-refractivity contribution < 1.29 is 27.7 Å². The van der Waals surface area contributed by atoms with Crippen LogP contribution in [0.4, 0.5) is 8.78 Å². The van der Waals surface area contributed by atoms with Crippen molar-refractivity contribution in [1.82, 2.24) is 14.4 Å². The van der Waals surface area contributed by atoms with Gasteiger partial charge >= 0.3 is 0 Å². The van der Waals surface area contributed by atoms with Crippen molar-refractivity contribution in [2.75, 3.05) is 0 Å². The molecule has 11 heteroatoms. The normalized spacial score (nSPS) is 12.8.